The number of carbonyl (C=O) groups is 1. The number of amides is 1. The third-order valence-corrected chi connectivity index (χ3v) is 5.83. The zero-order valence-electron chi connectivity index (χ0n) is 17.1. The molecule has 1 aromatic carbocycles. The second-order valence-electron chi connectivity index (χ2n) is 7.72. The SMILES string of the molecule is COc1cc2c(cc1OC)CN(C(=O)c1cnc(NC3CCCCC3)cn1)CC2. The third-order valence-electron chi connectivity index (χ3n) is 5.83. The van der Waals surface area contributed by atoms with Crippen molar-refractivity contribution in [3.05, 3.63) is 41.3 Å². The normalized spacial score (nSPS) is 16.8. The van der Waals surface area contributed by atoms with Gasteiger partial charge in [0.15, 0.2) is 11.5 Å². The Bertz CT molecular complexity index is 863. The Kier molecular flexibility index (Phi) is 5.83. The first kappa shape index (κ1) is 19.5. The molecule has 1 aliphatic heterocycles. The Balaban J connectivity index is 1.43. The van der Waals surface area contributed by atoms with Gasteiger partial charge >= 0.3 is 0 Å². The van der Waals surface area contributed by atoms with Crippen molar-refractivity contribution in [1.29, 1.82) is 0 Å². The molecule has 29 heavy (non-hydrogen) atoms. The zero-order chi connectivity index (χ0) is 20.2. The standard InChI is InChI=1S/C22H28N4O3/c1-28-19-10-15-8-9-26(14-16(15)11-20(19)29-2)22(27)18-12-24-21(13-23-18)25-17-6-4-3-5-7-17/h10-13,17H,3-9,14H2,1-2H3,(H,24,25). The number of fused-ring (bicyclic) bond motifs is 1. The maximum Gasteiger partial charge on any atom is 0.274 e. The Morgan fingerprint density at radius 2 is 1.76 bits per heavy atom. The zero-order valence-corrected chi connectivity index (χ0v) is 17.1. The van der Waals surface area contributed by atoms with Crippen LogP contribution in [-0.2, 0) is 13.0 Å². The molecule has 1 N–H and O–H groups in total. The highest BCUT2D eigenvalue weighted by Gasteiger charge is 2.25. The molecule has 1 aromatic heterocycles. The number of rotatable bonds is 5. The van der Waals surface area contributed by atoms with Crippen molar-refractivity contribution in [3.8, 4) is 11.5 Å². The molecule has 4 rings (SSSR count). The Morgan fingerprint density at radius 1 is 1.03 bits per heavy atom. The molecule has 1 fully saturated rings. The number of anilines is 1. The lowest BCUT2D eigenvalue weighted by molar-refractivity contribution is 0.0728. The molecule has 7 heteroatoms. The maximum atomic E-state index is 12.9. The second kappa shape index (κ2) is 8.68. The van der Waals surface area contributed by atoms with Gasteiger partial charge in [-0.25, -0.2) is 9.97 Å². The quantitative estimate of drug-likeness (QED) is 0.834. The monoisotopic (exact) mass is 396 g/mol. The van der Waals surface area contributed by atoms with Gasteiger partial charge in [0, 0.05) is 19.1 Å². The number of nitrogens with zero attached hydrogens (tertiary/aromatic N) is 3. The van der Waals surface area contributed by atoms with Crippen molar-refractivity contribution in [3.63, 3.8) is 0 Å². The van der Waals surface area contributed by atoms with E-state index in [0.717, 1.165) is 23.6 Å². The van der Waals surface area contributed by atoms with Gasteiger partial charge in [0.05, 0.1) is 26.6 Å². The molecule has 0 atom stereocenters. The van der Waals surface area contributed by atoms with E-state index >= 15 is 0 Å². The number of hydrogen-bond acceptors (Lipinski definition) is 6. The number of benzene rings is 1. The first-order valence-electron chi connectivity index (χ1n) is 10.3. The minimum absolute atomic E-state index is 0.0952. The minimum atomic E-state index is -0.0952. The van der Waals surface area contributed by atoms with Crippen molar-refractivity contribution >= 4 is 11.7 Å². The average molecular weight is 396 g/mol. The lowest BCUT2D eigenvalue weighted by atomic mass is 9.96. The molecule has 2 aliphatic rings. The average Bonchev–Trinajstić information content (AvgIpc) is 2.78. The second-order valence-corrected chi connectivity index (χ2v) is 7.72. The smallest absolute Gasteiger partial charge is 0.274 e. The molecule has 0 radical (unpaired) electrons. The summed E-state index contributed by atoms with van der Waals surface area (Å²) in [6.07, 6.45) is 10.2. The molecule has 2 aromatic rings. The first-order valence-corrected chi connectivity index (χ1v) is 10.3. The predicted octanol–water partition coefficient (Wildman–Crippen LogP) is 3.44. The van der Waals surface area contributed by atoms with Gasteiger partial charge in [0.25, 0.3) is 5.91 Å². The summed E-state index contributed by atoms with van der Waals surface area (Å²) in [7, 11) is 3.25. The Labute approximate surface area is 171 Å². The largest absolute Gasteiger partial charge is 0.493 e. The van der Waals surface area contributed by atoms with Gasteiger partial charge in [-0.05, 0) is 42.5 Å². The van der Waals surface area contributed by atoms with Crippen LogP contribution in [0.25, 0.3) is 0 Å². The molecule has 154 valence electrons. The van der Waals surface area contributed by atoms with Crippen molar-refractivity contribution < 1.29 is 14.3 Å². The van der Waals surface area contributed by atoms with Crippen LogP contribution in [0.15, 0.2) is 24.5 Å². The molecular formula is C22H28N4O3. The van der Waals surface area contributed by atoms with Crippen LogP contribution in [0.3, 0.4) is 0 Å². The first-order chi connectivity index (χ1) is 14.2. The summed E-state index contributed by atoms with van der Waals surface area (Å²) in [5.74, 6) is 2.05. The van der Waals surface area contributed by atoms with Gasteiger partial charge in [-0.1, -0.05) is 19.3 Å². The molecule has 1 saturated carbocycles. The highest BCUT2D eigenvalue weighted by atomic mass is 16.5. The number of hydrogen-bond donors (Lipinski definition) is 1. The summed E-state index contributed by atoms with van der Waals surface area (Å²) in [6.45, 7) is 1.17. The van der Waals surface area contributed by atoms with Gasteiger partial charge in [-0.2, -0.15) is 0 Å². The lowest BCUT2D eigenvalue weighted by Crippen LogP contribution is -2.36. The molecule has 0 bridgehead atoms. The van der Waals surface area contributed by atoms with Crippen LogP contribution in [0.4, 0.5) is 5.82 Å². The van der Waals surface area contributed by atoms with E-state index < -0.39 is 0 Å². The summed E-state index contributed by atoms with van der Waals surface area (Å²) in [6, 6.07) is 4.42. The molecule has 1 amide bonds. The molecule has 2 heterocycles. The van der Waals surface area contributed by atoms with Crippen LogP contribution < -0.4 is 14.8 Å². The molecule has 0 spiro atoms. The van der Waals surface area contributed by atoms with Crippen LogP contribution in [0.1, 0.15) is 53.7 Å². The van der Waals surface area contributed by atoms with Crippen molar-refractivity contribution in [1.82, 2.24) is 14.9 Å². The van der Waals surface area contributed by atoms with E-state index in [-0.39, 0.29) is 5.91 Å². The highest BCUT2D eigenvalue weighted by Crippen LogP contribution is 2.33. The Hall–Kier alpha value is -2.83. The van der Waals surface area contributed by atoms with Gasteiger partial charge in [-0.3, -0.25) is 4.79 Å². The van der Waals surface area contributed by atoms with Gasteiger partial charge < -0.3 is 19.7 Å². The van der Waals surface area contributed by atoms with Gasteiger partial charge in [0.2, 0.25) is 0 Å². The van der Waals surface area contributed by atoms with E-state index in [0.29, 0.717) is 30.6 Å². The fraction of sp³-hybridized carbons (Fsp3) is 0.500. The number of ether oxygens (including phenoxy) is 2. The van der Waals surface area contributed by atoms with E-state index in [9.17, 15) is 4.79 Å². The topological polar surface area (TPSA) is 76.6 Å². The predicted molar refractivity (Wildman–Crippen MR) is 111 cm³/mol. The fourth-order valence-corrected chi connectivity index (χ4v) is 4.19. The Morgan fingerprint density at radius 3 is 2.41 bits per heavy atom. The van der Waals surface area contributed by atoms with Crippen molar-refractivity contribution in [2.24, 2.45) is 0 Å². The lowest BCUT2D eigenvalue weighted by Gasteiger charge is -2.29. The summed E-state index contributed by atoms with van der Waals surface area (Å²) in [4.78, 5) is 23.5. The van der Waals surface area contributed by atoms with E-state index in [1.165, 1.54) is 37.7 Å². The third kappa shape index (κ3) is 4.28. The summed E-state index contributed by atoms with van der Waals surface area (Å²) in [5, 5.41) is 3.44. The van der Waals surface area contributed by atoms with E-state index in [4.69, 9.17) is 9.47 Å². The molecule has 7 nitrogen and oxygen atoms in total. The summed E-state index contributed by atoms with van der Waals surface area (Å²) >= 11 is 0. The summed E-state index contributed by atoms with van der Waals surface area (Å²) in [5.41, 5.74) is 2.64. The van der Waals surface area contributed by atoms with Crippen LogP contribution in [-0.4, -0.2) is 47.6 Å². The van der Waals surface area contributed by atoms with Gasteiger partial charge in [0.1, 0.15) is 11.5 Å². The van der Waals surface area contributed by atoms with Gasteiger partial charge in [-0.15, -0.1) is 0 Å². The van der Waals surface area contributed by atoms with Crippen LogP contribution in [0.5, 0.6) is 11.5 Å². The maximum absolute atomic E-state index is 12.9. The molecule has 0 saturated heterocycles. The summed E-state index contributed by atoms with van der Waals surface area (Å²) < 4.78 is 10.8. The van der Waals surface area contributed by atoms with Crippen LogP contribution in [0, 0.1) is 0 Å². The fourth-order valence-electron chi connectivity index (χ4n) is 4.19. The molecular weight excluding hydrogens is 368 g/mol. The van der Waals surface area contributed by atoms with E-state index in [1.807, 2.05) is 17.0 Å². The number of methoxy groups -OCH3 is 2. The molecule has 0 unspecified atom stereocenters. The van der Waals surface area contributed by atoms with Crippen LogP contribution in [0.2, 0.25) is 0 Å². The number of carbonyl (C=O) groups excluding carboxylic acids is 1. The number of nitrogens with one attached hydrogen (secondary N) is 1. The van der Waals surface area contributed by atoms with Crippen LogP contribution >= 0.6 is 0 Å². The van der Waals surface area contributed by atoms with Crippen molar-refractivity contribution in [2.45, 2.75) is 51.1 Å². The van der Waals surface area contributed by atoms with Crippen molar-refractivity contribution in [2.75, 3.05) is 26.1 Å². The minimum Gasteiger partial charge on any atom is -0.493 e. The number of aromatic nitrogens is 2. The van der Waals surface area contributed by atoms with E-state index in [1.54, 1.807) is 26.6 Å². The highest BCUT2D eigenvalue weighted by molar-refractivity contribution is 5.92. The van der Waals surface area contributed by atoms with E-state index in [2.05, 4.69) is 15.3 Å². The molecule has 1 aliphatic carbocycles.